The number of nitrogens with two attached hydrogens (primary N) is 1. The third-order valence-corrected chi connectivity index (χ3v) is 6.87. The molecule has 1 fully saturated rings. The first-order chi connectivity index (χ1) is 16.4. The molecule has 3 rings (SSSR count). The first-order valence-corrected chi connectivity index (χ1v) is 12.5. The molecule has 2 aromatic rings. The monoisotopic (exact) mass is 467 g/mol. The topological polar surface area (TPSA) is 78.9 Å². The molecule has 0 aliphatic carbocycles. The molecule has 0 bridgehead atoms. The zero-order valence-electron chi connectivity index (χ0n) is 21.1. The minimum atomic E-state index is -0.337. The lowest BCUT2D eigenvalue weighted by atomic mass is 9.99. The second-order valence-corrected chi connectivity index (χ2v) is 9.69. The standard InChI is InChI=1S/C27H41N5O2/c1-22-18-23(2)27(24(3)19-22)21-31(20-25-6-8-26(9-7-25)32(33)34)13-5-12-30-16-14-29(15-17-30)11-4-10-28/h6-9,18-19H,4-5,10-17,20-21,28H2,1-3H3. The molecule has 34 heavy (non-hydrogen) atoms. The van der Waals surface area contributed by atoms with Crippen molar-refractivity contribution in [1.29, 1.82) is 0 Å². The lowest BCUT2D eigenvalue weighted by Gasteiger charge is -2.35. The van der Waals surface area contributed by atoms with E-state index in [0.29, 0.717) is 0 Å². The maximum atomic E-state index is 11.0. The second kappa shape index (κ2) is 13.0. The van der Waals surface area contributed by atoms with E-state index in [1.165, 1.54) is 22.3 Å². The summed E-state index contributed by atoms with van der Waals surface area (Å²) in [7, 11) is 0. The Bertz CT molecular complexity index is 900. The van der Waals surface area contributed by atoms with Crippen LogP contribution in [0.2, 0.25) is 0 Å². The zero-order chi connectivity index (χ0) is 24.5. The molecule has 1 aliphatic heterocycles. The van der Waals surface area contributed by atoms with Gasteiger partial charge in [0.05, 0.1) is 4.92 Å². The lowest BCUT2D eigenvalue weighted by molar-refractivity contribution is -0.384. The SMILES string of the molecule is Cc1cc(C)c(CN(CCCN2CCN(CCCN)CC2)Cc2ccc([N+](=O)[O-])cc2)c(C)c1. The van der Waals surface area contributed by atoms with Crippen LogP contribution in [-0.4, -0.2) is 72.0 Å². The Balaban J connectivity index is 1.60. The molecule has 0 atom stereocenters. The minimum Gasteiger partial charge on any atom is -0.330 e. The van der Waals surface area contributed by atoms with Crippen LogP contribution in [0.4, 0.5) is 5.69 Å². The van der Waals surface area contributed by atoms with Gasteiger partial charge in [-0.15, -0.1) is 0 Å². The highest BCUT2D eigenvalue weighted by Crippen LogP contribution is 2.21. The first kappa shape index (κ1) is 26.3. The Morgan fingerprint density at radius 1 is 0.912 bits per heavy atom. The molecule has 1 aliphatic rings. The van der Waals surface area contributed by atoms with Gasteiger partial charge in [0, 0.05) is 57.9 Å². The third kappa shape index (κ3) is 7.87. The van der Waals surface area contributed by atoms with Crippen molar-refractivity contribution in [3.63, 3.8) is 0 Å². The van der Waals surface area contributed by atoms with Gasteiger partial charge in [-0.2, -0.15) is 0 Å². The van der Waals surface area contributed by atoms with Crippen LogP contribution in [0.25, 0.3) is 0 Å². The largest absolute Gasteiger partial charge is 0.330 e. The van der Waals surface area contributed by atoms with Crippen LogP contribution in [0.15, 0.2) is 36.4 Å². The number of hydrogen-bond acceptors (Lipinski definition) is 6. The summed E-state index contributed by atoms with van der Waals surface area (Å²) in [4.78, 5) is 18.3. The van der Waals surface area contributed by atoms with Gasteiger partial charge < -0.3 is 15.5 Å². The number of benzene rings is 2. The summed E-state index contributed by atoms with van der Waals surface area (Å²) in [5.74, 6) is 0. The number of hydrogen-bond donors (Lipinski definition) is 1. The summed E-state index contributed by atoms with van der Waals surface area (Å²) in [6.45, 7) is 16.7. The highest BCUT2D eigenvalue weighted by Gasteiger charge is 2.17. The molecular formula is C27H41N5O2. The third-order valence-electron chi connectivity index (χ3n) is 6.87. The molecule has 0 unspecified atom stereocenters. The molecule has 2 N–H and O–H groups in total. The van der Waals surface area contributed by atoms with Crippen LogP contribution in [-0.2, 0) is 13.1 Å². The zero-order valence-corrected chi connectivity index (χ0v) is 21.1. The number of aryl methyl sites for hydroxylation is 3. The molecule has 1 heterocycles. The van der Waals surface area contributed by atoms with E-state index in [1.54, 1.807) is 12.1 Å². The van der Waals surface area contributed by atoms with E-state index in [9.17, 15) is 10.1 Å². The van der Waals surface area contributed by atoms with Crippen LogP contribution in [0.3, 0.4) is 0 Å². The van der Waals surface area contributed by atoms with E-state index in [-0.39, 0.29) is 10.6 Å². The number of non-ortho nitro benzene ring substituents is 1. The summed E-state index contributed by atoms with van der Waals surface area (Å²) in [5, 5.41) is 11.0. The molecule has 0 aromatic heterocycles. The number of piperazine rings is 1. The van der Waals surface area contributed by atoms with E-state index in [0.717, 1.165) is 83.9 Å². The van der Waals surface area contributed by atoms with E-state index in [2.05, 4.69) is 47.6 Å². The van der Waals surface area contributed by atoms with Crippen molar-refractivity contribution in [2.24, 2.45) is 5.73 Å². The normalized spacial score (nSPS) is 15.2. The minimum absolute atomic E-state index is 0.145. The molecule has 0 radical (unpaired) electrons. The molecule has 0 amide bonds. The Hall–Kier alpha value is -2.32. The highest BCUT2D eigenvalue weighted by molar-refractivity contribution is 5.37. The van der Waals surface area contributed by atoms with E-state index < -0.39 is 0 Å². The van der Waals surface area contributed by atoms with Crippen molar-refractivity contribution in [1.82, 2.24) is 14.7 Å². The number of nitro benzene ring substituents is 1. The summed E-state index contributed by atoms with van der Waals surface area (Å²) >= 11 is 0. The van der Waals surface area contributed by atoms with Gasteiger partial charge in [0.2, 0.25) is 0 Å². The molecule has 1 saturated heterocycles. The van der Waals surface area contributed by atoms with Gasteiger partial charge in [-0.1, -0.05) is 29.8 Å². The van der Waals surface area contributed by atoms with Crippen LogP contribution in [0.5, 0.6) is 0 Å². The lowest BCUT2D eigenvalue weighted by Crippen LogP contribution is -2.47. The van der Waals surface area contributed by atoms with Gasteiger partial charge >= 0.3 is 0 Å². The molecule has 2 aromatic carbocycles. The average molecular weight is 468 g/mol. The fourth-order valence-corrected chi connectivity index (χ4v) is 4.95. The molecule has 7 heteroatoms. The Morgan fingerprint density at radius 3 is 2.00 bits per heavy atom. The number of nitrogens with zero attached hydrogens (tertiary/aromatic N) is 4. The molecular weight excluding hydrogens is 426 g/mol. The summed E-state index contributed by atoms with van der Waals surface area (Å²) < 4.78 is 0. The maximum Gasteiger partial charge on any atom is 0.269 e. The number of nitro groups is 1. The van der Waals surface area contributed by atoms with Gasteiger partial charge in [0.1, 0.15) is 0 Å². The van der Waals surface area contributed by atoms with Crippen molar-refractivity contribution in [2.75, 3.05) is 52.4 Å². The molecule has 0 spiro atoms. The van der Waals surface area contributed by atoms with Crippen molar-refractivity contribution in [3.05, 3.63) is 74.3 Å². The predicted molar refractivity (Wildman–Crippen MR) is 139 cm³/mol. The molecule has 186 valence electrons. The molecule has 0 saturated carbocycles. The summed E-state index contributed by atoms with van der Waals surface area (Å²) in [5.41, 5.74) is 12.3. The van der Waals surface area contributed by atoms with Crippen LogP contribution in [0, 0.1) is 30.9 Å². The van der Waals surface area contributed by atoms with Gasteiger partial charge in [-0.25, -0.2) is 0 Å². The summed E-state index contributed by atoms with van der Waals surface area (Å²) in [6.07, 6.45) is 2.19. The van der Waals surface area contributed by atoms with Crippen molar-refractivity contribution < 1.29 is 4.92 Å². The van der Waals surface area contributed by atoms with Crippen molar-refractivity contribution in [3.8, 4) is 0 Å². The van der Waals surface area contributed by atoms with E-state index in [1.807, 2.05) is 12.1 Å². The second-order valence-electron chi connectivity index (χ2n) is 9.69. The van der Waals surface area contributed by atoms with Gasteiger partial charge in [0.25, 0.3) is 5.69 Å². The first-order valence-electron chi connectivity index (χ1n) is 12.5. The quantitative estimate of drug-likeness (QED) is 0.377. The maximum absolute atomic E-state index is 11.0. The Kier molecular flexibility index (Phi) is 10.0. The van der Waals surface area contributed by atoms with Crippen LogP contribution in [0.1, 0.15) is 40.7 Å². The Morgan fingerprint density at radius 2 is 1.47 bits per heavy atom. The van der Waals surface area contributed by atoms with E-state index in [4.69, 9.17) is 5.73 Å². The van der Waals surface area contributed by atoms with Gasteiger partial charge in [-0.3, -0.25) is 15.0 Å². The summed E-state index contributed by atoms with van der Waals surface area (Å²) in [6, 6.07) is 11.5. The van der Waals surface area contributed by atoms with Gasteiger partial charge in [-0.05, 0) is 75.5 Å². The number of rotatable bonds is 12. The predicted octanol–water partition coefficient (Wildman–Crippen LogP) is 3.88. The van der Waals surface area contributed by atoms with Crippen molar-refractivity contribution >= 4 is 5.69 Å². The fourth-order valence-electron chi connectivity index (χ4n) is 4.95. The van der Waals surface area contributed by atoms with Crippen molar-refractivity contribution in [2.45, 2.75) is 46.7 Å². The molecule has 7 nitrogen and oxygen atoms in total. The smallest absolute Gasteiger partial charge is 0.269 e. The Labute approximate surface area is 204 Å². The van der Waals surface area contributed by atoms with Crippen LogP contribution >= 0.6 is 0 Å². The highest BCUT2D eigenvalue weighted by atomic mass is 16.6. The van der Waals surface area contributed by atoms with Gasteiger partial charge in [0.15, 0.2) is 0 Å². The van der Waals surface area contributed by atoms with E-state index >= 15 is 0 Å². The van der Waals surface area contributed by atoms with Crippen LogP contribution < -0.4 is 5.73 Å². The average Bonchev–Trinajstić information content (AvgIpc) is 2.81. The fraction of sp³-hybridized carbons (Fsp3) is 0.556.